The van der Waals surface area contributed by atoms with Crippen LogP contribution in [0.25, 0.3) is 11.0 Å². The van der Waals surface area contributed by atoms with E-state index in [2.05, 4.69) is 15.4 Å². The van der Waals surface area contributed by atoms with Gasteiger partial charge in [-0.05, 0) is 44.8 Å². The Hall–Kier alpha value is -1.33. The van der Waals surface area contributed by atoms with Crippen molar-refractivity contribution in [3.63, 3.8) is 0 Å². The minimum absolute atomic E-state index is 0.105. The lowest BCUT2D eigenvalue weighted by molar-refractivity contribution is 0.0973. The molecule has 3 aliphatic rings. The minimum atomic E-state index is -0.429. The van der Waals surface area contributed by atoms with Crippen molar-refractivity contribution < 1.29 is 8.91 Å². The molecule has 21 heavy (non-hydrogen) atoms. The van der Waals surface area contributed by atoms with Gasteiger partial charge in [-0.25, -0.2) is 4.39 Å². The number of aryl methyl sites for hydroxylation is 1. The number of benzene rings is 1. The van der Waals surface area contributed by atoms with Gasteiger partial charge in [-0.1, -0.05) is 16.8 Å². The van der Waals surface area contributed by atoms with Crippen LogP contribution >= 0.6 is 11.6 Å². The summed E-state index contributed by atoms with van der Waals surface area (Å²) in [5.41, 5.74) is 1.16. The van der Waals surface area contributed by atoms with Gasteiger partial charge in [0.25, 0.3) is 0 Å². The normalized spacial score (nSPS) is 28.2. The van der Waals surface area contributed by atoms with Crippen molar-refractivity contribution in [3.05, 3.63) is 22.5 Å². The Balaban J connectivity index is 1.68. The van der Waals surface area contributed by atoms with Gasteiger partial charge in [-0.15, -0.1) is 0 Å². The molecule has 4 heterocycles. The Morgan fingerprint density at radius 2 is 2.19 bits per heavy atom. The second kappa shape index (κ2) is 4.85. The SMILES string of the molecule is Cc1c(Cl)c(F)cc2c(N[C@@H]3CN4CCC3CC4)noc12. The van der Waals surface area contributed by atoms with Crippen LogP contribution in [0.5, 0.6) is 0 Å². The van der Waals surface area contributed by atoms with E-state index in [1.165, 1.54) is 32.0 Å². The lowest BCUT2D eigenvalue weighted by Gasteiger charge is -2.44. The Bertz CT molecular complexity index is 694. The molecule has 3 aliphatic heterocycles. The molecule has 0 spiro atoms. The average molecular weight is 310 g/mol. The van der Waals surface area contributed by atoms with E-state index in [1.54, 1.807) is 6.92 Å². The van der Waals surface area contributed by atoms with Crippen molar-refractivity contribution >= 4 is 28.4 Å². The van der Waals surface area contributed by atoms with E-state index in [-0.39, 0.29) is 5.02 Å². The van der Waals surface area contributed by atoms with Crippen LogP contribution in [0.3, 0.4) is 0 Å². The van der Waals surface area contributed by atoms with Crippen molar-refractivity contribution in [1.29, 1.82) is 0 Å². The van der Waals surface area contributed by atoms with Gasteiger partial charge in [0.05, 0.1) is 10.4 Å². The first-order chi connectivity index (χ1) is 10.1. The first-order valence-corrected chi connectivity index (χ1v) is 7.74. The van der Waals surface area contributed by atoms with E-state index in [0.29, 0.717) is 34.3 Å². The molecule has 2 bridgehead atoms. The van der Waals surface area contributed by atoms with Crippen LogP contribution in [-0.2, 0) is 0 Å². The highest BCUT2D eigenvalue weighted by atomic mass is 35.5. The first-order valence-electron chi connectivity index (χ1n) is 7.36. The van der Waals surface area contributed by atoms with Crippen molar-refractivity contribution in [2.45, 2.75) is 25.8 Å². The summed E-state index contributed by atoms with van der Waals surface area (Å²) in [5, 5.41) is 8.32. The summed E-state index contributed by atoms with van der Waals surface area (Å²) in [6, 6.07) is 1.77. The van der Waals surface area contributed by atoms with E-state index in [1.807, 2.05) is 0 Å². The van der Waals surface area contributed by atoms with Crippen LogP contribution in [-0.4, -0.2) is 35.7 Å². The molecule has 0 saturated carbocycles. The zero-order valence-electron chi connectivity index (χ0n) is 11.8. The highest BCUT2D eigenvalue weighted by Crippen LogP contribution is 2.35. The number of nitrogens with zero attached hydrogens (tertiary/aromatic N) is 2. The molecule has 2 aromatic rings. The highest BCUT2D eigenvalue weighted by Gasteiger charge is 2.34. The number of fused-ring (bicyclic) bond motifs is 4. The lowest BCUT2D eigenvalue weighted by Crippen LogP contribution is -2.53. The largest absolute Gasteiger partial charge is 0.362 e. The topological polar surface area (TPSA) is 41.3 Å². The maximum Gasteiger partial charge on any atom is 0.177 e. The summed E-state index contributed by atoms with van der Waals surface area (Å²) in [6.45, 7) is 5.14. The Labute approximate surface area is 127 Å². The van der Waals surface area contributed by atoms with Crippen LogP contribution in [0.15, 0.2) is 10.6 Å². The van der Waals surface area contributed by atoms with Crippen LogP contribution < -0.4 is 5.32 Å². The third-order valence-corrected chi connectivity index (χ3v) is 5.32. The number of hydrogen-bond acceptors (Lipinski definition) is 4. The number of nitrogens with one attached hydrogen (secondary N) is 1. The van der Waals surface area contributed by atoms with Crippen LogP contribution in [0, 0.1) is 18.7 Å². The molecule has 1 aromatic carbocycles. The lowest BCUT2D eigenvalue weighted by atomic mass is 9.84. The van der Waals surface area contributed by atoms with Gasteiger partial charge in [0, 0.05) is 18.2 Å². The fraction of sp³-hybridized carbons (Fsp3) is 0.533. The van der Waals surface area contributed by atoms with Crippen molar-refractivity contribution in [2.24, 2.45) is 5.92 Å². The molecular weight excluding hydrogens is 293 g/mol. The fourth-order valence-corrected chi connectivity index (χ4v) is 3.72. The molecule has 3 fully saturated rings. The molecule has 1 N–H and O–H groups in total. The van der Waals surface area contributed by atoms with Gasteiger partial charge in [0.2, 0.25) is 0 Å². The zero-order valence-corrected chi connectivity index (χ0v) is 12.6. The van der Waals surface area contributed by atoms with E-state index < -0.39 is 5.82 Å². The van der Waals surface area contributed by atoms with Gasteiger partial charge >= 0.3 is 0 Å². The standard InChI is InChI=1S/C15H17ClFN3O/c1-8-13(16)11(17)6-10-14(8)21-19-15(10)18-12-7-20-4-2-9(12)3-5-20/h6,9,12H,2-5,7H2,1H3,(H,18,19)/t12-/m1/s1. The molecule has 5 rings (SSSR count). The number of anilines is 1. The number of piperidine rings is 3. The van der Waals surface area contributed by atoms with Gasteiger partial charge in [-0.2, -0.15) is 0 Å². The van der Waals surface area contributed by atoms with Crippen LogP contribution in [0.2, 0.25) is 5.02 Å². The van der Waals surface area contributed by atoms with E-state index in [0.717, 1.165) is 6.54 Å². The first kappa shape index (κ1) is 13.3. The molecule has 1 aromatic heterocycles. The molecule has 0 aliphatic carbocycles. The summed E-state index contributed by atoms with van der Waals surface area (Å²) in [6.07, 6.45) is 2.43. The van der Waals surface area contributed by atoms with E-state index >= 15 is 0 Å². The van der Waals surface area contributed by atoms with Gasteiger partial charge < -0.3 is 14.7 Å². The van der Waals surface area contributed by atoms with Gasteiger partial charge in [0.1, 0.15) is 5.82 Å². The number of aromatic nitrogens is 1. The number of rotatable bonds is 2. The van der Waals surface area contributed by atoms with Gasteiger partial charge in [0.15, 0.2) is 11.4 Å². The molecule has 0 radical (unpaired) electrons. The summed E-state index contributed by atoms with van der Waals surface area (Å²) in [5.74, 6) is 0.865. The molecule has 0 amide bonds. The predicted molar refractivity (Wildman–Crippen MR) is 80.3 cm³/mol. The van der Waals surface area contributed by atoms with Crippen LogP contribution in [0.4, 0.5) is 10.2 Å². The second-order valence-electron chi connectivity index (χ2n) is 6.09. The zero-order chi connectivity index (χ0) is 14.6. The quantitative estimate of drug-likeness (QED) is 0.922. The summed E-state index contributed by atoms with van der Waals surface area (Å²) in [7, 11) is 0. The molecule has 3 saturated heterocycles. The molecular formula is C15H17ClFN3O. The average Bonchev–Trinajstić information content (AvgIpc) is 2.89. The third kappa shape index (κ3) is 2.10. The summed E-state index contributed by atoms with van der Waals surface area (Å²) in [4.78, 5) is 2.46. The van der Waals surface area contributed by atoms with E-state index in [9.17, 15) is 4.39 Å². The third-order valence-electron chi connectivity index (χ3n) is 4.86. The Kier molecular flexibility index (Phi) is 3.08. The van der Waals surface area contributed by atoms with Crippen molar-refractivity contribution in [3.8, 4) is 0 Å². The number of halogens is 2. The number of hydrogen-bond donors (Lipinski definition) is 1. The fourth-order valence-electron chi connectivity index (χ4n) is 3.58. The highest BCUT2D eigenvalue weighted by molar-refractivity contribution is 6.32. The van der Waals surface area contributed by atoms with Crippen molar-refractivity contribution in [1.82, 2.24) is 10.1 Å². The summed E-state index contributed by atoms with van der Waals surface area (Å²) >= 11 is 5.92. The minimum Gasteiger partial charge on any atom is -0.362 e. The summed E-state index contributed by atoms with van der Waals surface area (Å²) < 4.78 is 19.2. The van der Waals surface area contributed by atoms with Crippen molar-refractivity contribution in [2.75, 3.05) is 25.0 Å². The van der Waals surface area contributed by atoms with Crippen LogP contribution in [0.1, 0.15) is 18.4 Å². The van der Waals surface area contributed by atoms with E-state index in [4.69, 9.17) is 16.1 Å². The van der Waals surface area contributed by atoms with Gasteiger partial charge in [-0.3, -0.25) is 0 Å². The molecule has 6 heteroatoms. The molecule has 112 valence electrons. The maximum absolute atomic E-state index is 13.9. The monoisotopic (exact) mass is 309 g/mol. The predicted octanol–water partition coefficient (Wildman–Crippen LogP) is 3.43. The maximum atomic E-state index is 13.9. The Morgan fingerprint density at radius 3 is 2.86 bits per heavy atom. The molecule has 0 unspecified atom stereocenters. The molecule has 4 nitrogen and oxygen atoms in total. The Morgan fingerprint density at radius 1 is 1.43 bits per heavy atom. The molecule has 1 atom stereocenters. The smallest absolute Gasteiger partial charge is 0.177 e. The second-order valence-corrected chi connectivity index (χ2v) is 6.47.